The third-order valence-corrected chi connectivity index (χ3v) is 6.38. The molecule has 29 heavy (non-hydrogen) atoms. The van der Waals surface area contributed by atoms with Gasteiger partial charge in [0.15, 0.2) is 0 Å². The summed E-state index contributed by atoms with van der Waals surface area (Å²) in [7, 11) is 0. The van der Waals surface area contributed by atoms with Gasteiger partial charge >= 0.3 is 0 Å². The molecule has 0 atom stereocenters. The zero-order valence-electron chi connectivity index (χ0n) is 17.0. The summed E-state index contributed by atoms with van der Waals surface area (Å²) in [5.41, 5.74) is 1.71. The molecule has 3 heterocycles. The average Bonchev–Trinajstić information content (AvgIpc) is 3.34. The van der Waals surface area contributed by atoms with E-state index in [2.05, 4.69) is 4.98 Å². The summed E-state index contributed by atoms with van der Waals surface area (Å²) < 4.78 is 7.05. The molecule has 0 spiro atoms. The molecular weight excluding hydrogens is 386 g/mol. The number of rotatable bonds is 5. The fourth-order valence-corrected chi connectivity index (χ4v) is 5.00. The fraction of sp³-hybridized carbons (Fsp3) is 0.409. The number of amides is 1. The maximum atomic E-state index is 13.4. The number of likely N-dealkylation sites (tertiary alicyclic amines) is 1. The molecule has 0 saturated carbocycles. The third kappa shape index (κ3) is 3.67. The standard InChI is InChI=1S/C22H25N3O3S/c1-4-28-17-9-7-16(8-10-17)19-14(2)29-21-20(19)22(27)25(15(3)23-21)13-18(26)24-11-5-6-12-24/h7-10H,4-6,11-13H2,1-3H3. The largest absolute Gasteiger partial charge is 0.494 e. The molecule has 1 aliphatic heterocycles. The van der Waals surface area contributed by atoms with E-state index < -0.39 is 0 Å². The van der Waals surface area contributed by atoms with Crippen molar-refractivity contribution in [2.45, 2.75) is 40.2 Å². The molecule has 0 aliphatic carbocycles. The van der Waals surface area contributed by atoms with Gasteiger partial charge in [0, 0.05) is 23.5 Å². The molecule has 1 aromatic carbocycles. The van der Waals surface area contributed by atoms with Crippen molar-refractivity contribution in [3.8, 4) is 16.9 Å². The molecule has 0 bridgehead atoms. The minimum absolute atomic E-state index is 0.0107. The number of hydrogen-bond donors (Lipinski definition) is 0. The number of carbonyl (C=O) groups is 1. The highest BCUT2D eigenvalue weighted by atomic mass is 32.1. The second-order valence-corrected chi connectivity index (χ2v) is 8.51. The Morgan fingerprint density at radius 1 is 1.17 bits per heavy atom. The minimum Gasteiger partial charge on any atom is -0.494 e. The lowest BCUT2D eigenvalue weighted by atomic mass is 10.0. The van der Waals surface area contributed by atoms with E-state index in [-0.39, 0.29) is 18.0 Å². The van der Waals surface area contributed by atoms with Crippen molar-refractivity contribution in [3.63, 3.8) is 0 Å². The van der Waals surface area contributed by atoms with Crippen LogP contribution in [0.5, 0.6) is 5.75 Å². The highest BCUT2D eigenvalue weighted by Gasteiger charge is 2.22. The predicted octanol–water partition coefficient (Wildman–Crippen LogP) is 3.76. The van der Waals surface area contributed by atoms with Gasteiger partial charge in [-0.3, -0.25) is 14.2 Å². The van der Waals surface area contributed by atoms with Crippen LogP contribution in [0.4, 0.5) is 0 Å². The first kappa shape index (κ1) is 19.6. The number of carbonyl (C=O) groups excluding carboxylic acids is 1. The first-order chi connectivity index (χ1) is 14.0. The van der Waals surface area contributed by atoms with E-state index in [9.17, 15) is 9.59 Å². The van der Waals surface area contributed by atoms with Crippen LogP contribution in [0.15, 0.2) is 29.1 Å². The van der Waals surface area contributed by atoms with E-state index in [4.69, 9.17) is 4.74 Å². The normalized spacial score (nSPS) is 14.0. The number of fused-ring (bicyclic) bond motifs is 1. The quantitative estimate of drug-likeness (QED) is 0.641. The number of ether oxygens (including phenoxy) is 1. The topological polar surface area (TPSA) is 64.4 Å². The minimum atomic E-state index is -0.145. The molecule has 7 heteroatoms. The van der Waals surface area contributed by atoms with Crippen molar-refractivity contribution >= 4 is 27.5 Å². The Balaban J connectivity index is 1.79. The van der Waals surface area contributed by atoms with Gasteiger partial charge in [-0.2, -0.15) is 0 Å². The average molecular weight is 412 g/mol. The molecule has 1 aliphatic rings. The zero-order chi connectivity index (χ0) is 20.5. The summed E-state index contributed by atoms with van der Waals surface area (Å²) in [5.74, 6) is 1.37. The van der Waals surface area contributed by atoms with Crippen LogP contribution in [-0.2, 0) is 11.3 Å². The molecule has 1 saturated heterocycles. The lowest BCUT2D eigenvalue weighted by Crippen LogP contribution is -2.35. The molecule has 1 fully saturated rings. The number of aryl methyl sites for hydroxylation is 2. The number of thiophene rings is 1. The lowest BCUT2D eigenvalue weighted by molar-refractivity contribution is -0.130. The van der Waals surface area contributed by atoms with Crippen LogP contribution in [0.1, 0.15) is 30.5 Å². The van der Waals surface area contributed by atoms with Crippen molar-refractivity contribution in [3.05, 3.63) is 45.3 Å². The lowest BCUT2D eigenvalue weighted by Gasteiger charge is -2.17. The highest BCUT2D eigenvalue weighted by Crippen LogP contribution is 2.36. The third-order valence-electron chi connectivity index (χ3n) is 5.38. The number of nitrogens with zero attached hydrogens (tertiary/aromatic N) is 3. The summed E-state index contributed by atoms with van der Waals surface area (Å²) in [6, 6.07) is 7.77. The maximum Gasteiger partial charge on any atom is 0.263 e. The second-order valence-electron chi connectivity index (χ2n) is 7.31. The Bertz CT molecular complexity index is 1110. The molecule has 0 unspecified atom stereocenters. The van der Waals surface area contributed by atoms with Crippen molar-refractivity contribution < 1.29 is 9.53 Å². The smallest absolute Gasteiger partial charge is 0.263 e. The molecule has 0 radical (unpaired) electrons. The van der Waals surface area contributed by atoms with E-state index in [0.29, 0.717) is 17.8 Å². The Hall–Kier alpha value is -2.67. The zero-order valence-corrected chi connectivity index (χ0v) is 17.8. The van der Waals surface area contributed by atoms with E-state index in [0.717, 1.165) is 52.5 Å². The molecular formula is C22H25N3O3S. The Labute approximate surface area is 173 Å². The van der Waals surface area contributed by atoms with Gasteiger partial charge in [0.2, 0.25) is 5.91 Å². The molecule has 152 valence electrons. The second kappa shape index (κ2) is 7.99. The number of hydrogen-bond acceptors (Lipinski definition) is 5. The highest BCUT2D eigenvalue weighted by molar-refractivity contribution is 7.19. The SMILES string of the molecule is CCOc1ccc(-c2c(C)sc3nc(C)n(CC(=O)N4CCCC4)c(=O)c23)cc1. The first-order valence-corrected chi connectivity index (χ1v) is 10.8. The molecule has 1 amide bonds. The van der Waals surface area contributed by atoms with Gasteiger partial charge in [-0.15, -0.1) is 11.3 Å². The van der Waals surface area contributed by atoms with Crippen LogP contribution in [0.2, 0.25) is 0 Å². The van der Waals surface area contributed by atoms with Gasteiger partial charge < -0.3 is 9.64 Å². The van der Waals surface area contributed by atoms with E-state index in [1.807, 2.05) is 43.0 Å². The first-order valence-electron chi connectivity index (χ1n) is 10.0. The number of benzene rings is 1. The summed E-state index contributed by atoms with van der Waals surface area (Å²) in [6.07, 6.45) is 2.06. The van der Waals surface area contributed by atoms with Gasteiger partial charge in [-0.25, -0.2) is 4.98 Å². The number of aromatic nitrogens is 2. The molecule has 6 nitrogen and oxygen atoms in total. The van der Waals surface area contributed by atoms with Crippen molar-refractivity contribution in [2.24, 2.45) is 0 Å². The van der Waals surface area contributed by atoms with E-state index in [1.54, 1.807) is 6.92 Å². The monoisotopic (exact) mass is 411 g/mol. The molecule has 3 aromatic rings. The molecule has 0 N–H and O–H groups in total. The van der Waals surface area contributed by atoms with Crippen LogP contribution in [0.3, 0.4) is 0 Å². The maximum absolute atomic E-state index is 13.4. The van der Waals surface area contributed by atoms with Crippen LogP contribution in [0, 0.1) is 13.8 Å². The summed E-state index contributed by atoms with van der Waals surface area (Å²) in [6.45, 7) is 7.96. The van der Waals surface area contributed by atoms with Gasteiger partial charge in [0.05, 0.1) is 12.0 Å². The Morgan fingerprint density at radius 2 is 1.86 bits per heavy atom. The van der Waals surface area contributed by atoms with Gasteiger partial charge in [0.1, 0.15) is 22.9 Å². The van der Waals surface area contributed by atoms with Crippen molar-refractivity contribution in [2.75, 3.05) is 19.7 Å². The van der Waals surface area contributed by atoms with Crippen LogP contribution >= 0.6 is 11.3 Å². The van der Waals surface area contributed by atoms with E-state index >= 15 is 0 Å². The van der Waals surface area contributed by atoms with Crippen LogP contribution in [-0.4, -0.2) is 40.1 Å². The predicted molar refractivity (Wildman–Crippen MR) is 116 cm³/mol. The summed E-state index contributed by atoms with van der Waals surface area (Å²) in [5, 5.41) is 0.594. The fourth-order valence-electron chi connectivity index (χ4n) is 3.92. The van der Waals surface area contributed by atoms with Crippen LogP contribution < -0.4 is 10.3 Å². The van der Waals surface area contributed by atoms with Crippen molar-refractivity contribution in [1.29, 1.82) is 0 Å². The van der Waals surface area contributed by atoms with Gasteiger partial charge in [0.25, 0.3) is 5.56 Å². The van der Waals surface area contributed by atoms with E-state index in [1.165, 1.54) is 15.9 Å². The molecule has 4 rings (SSSR count). The molecule has 2 aromatic heterocycles. The summed E-state index contributed by atoms with van der Waals surface area (Å²) >= 11 is 1.52. The summed E-state index contributed by atoms with van der Waals surface area (Å²) in [4.78, 5) is 34.3. The van der Waals surface area contributed by atoms with Gasteiger partial charge in [-0.1, -0.05) is 12.1 Å². The van der Waals surface area contributed by atoms with Gasteiger partial charge in [-0.05, 0) is 51.3 Å². The van der Waals surface area contributed by atoms with Crippen LogP contribution in [0.25, 0.3) is 21.3 Å². The van der Waals surface area contributed by atoms with Crippen molar-refractivity contribution in [1.82, 2.24) is 14.5 Å². The Morgan fingerprint density at radius 3 is 2.52 bits per heavy atom. The Kier molecular flexibility index (Phi) is 5.41.